The molecule has 0 spiro atoms. The zero-order chi connectivity index (χ0) is 18.9. The van der Waals surface area contributed by atoms with Crippen LogP contribution in [0.4, 0.5) is 5.69 Å². The highest BCUT2D eigenvalue weighted by atomic mass is 32.2. The van der Waals surface area contributed by atoms with Crippen LogP contribution in [0.15, 0.2) is 59.5 Å². The first-order valence-electron chi connectivity index (χ1n) is 8.03. The molecular formula is C20H22N2O3S. The zero-order valence-electron chi connectivity index (χ0n) is 15.1. The van der Waals surface area contributed by atoms with Crippen LogP contribution >= 0.6 is 11.8 Å². The number of carbonyl (C=O) groups is 2. The summed E-state index contributed by atoms with van der Waals surface area (Å²) in [4.78, 5) is 26.7. The molecule has 2 rings (SSSR count). The third-order valence-corrected chi connectivity index (χ3v) is 4.47. The molecule has 26 heavy (non-hydrogen) atoms. The van der Waals surface area contributed by atoms with Gasteiger partial charge in [0.2, 0.25) is 11.8 Å². The van der Waals surface area contributed by atoms with Gasteiger partial charge in [0.05, 0.1) is 19.3 Å². The molecule has 0 aromatic heterocycles. The summed E-state index contributed by atoms with van der Waals surface area (Å²) in [6.07, 6.45) is 5.11. The summed E-state index contributed by atoms with van der Waals surface area (Å²) in [5.41, 5.74) is 1.63. The highest BCUT2D eigenvalue weighted by molar-refractivity contribution is 7.98. The maximum absolute atomic E-state index is 12.2. The van der Waals surface area contributed by atoms with E-state index in [9.17, 15) is 9.59 Å². The molecule has 6 heteroatoms. The second kappa shape index (κ2) is 9.68. The first-order chi connectivity index (χ1) is 12.5. The summed E-state index contributed by atoms with van der Waals surface area (Å²) in [6.45, 7) is -0.0193. The molecule has 136 valence electrons. The predicted octanol–water partition coefficient (Wildman–Crippen LogP) is 3.53. The molecule has 0 aliphatic carbocycles. The van der Waals surface area contributed by atoms with Crippen LogP contribution in [0.2, 0.25) is 0 Å². The Balaban J connectivity index is 1.91. The molecule has 2 aromatic carbocycles. The van der Waals surface area contributed by atoms with Crippen molar-refractivity contribution < 1.29 is 14.3 Å². The normalized spacial score (nSPS) is 10.6. The number of amides is 2. The Morgan fingerprint density at radius 2 is 1.85 bits per heavy atom. The van der Waals surface area contributed by atoms with E-state index in [1.807, 2.05) is 54.8 Å². The minimum Gasteiger partial charge on any atom is -0.497 e. The van der Waals surface area contributed by atoms with Gasteiger partial charge in [-0.2, -0.15) is 0 Å². The number of ether oxygens (including phenoxy) is 1. The average Bonchev–Trinajstić information content (AvgIpc) is 2.66. The van der Waals surface area contributed by atoms with Crippen LogP contribution in [0.5, 0.6) is 5.75 Å². The first-order valence-corrected chi connectivity index (χ1v) is 9.26. The van der Waals surface area contributed by atoms with Crippen molar-refractivity contribution in [2.45, 2.75) is 4.90 Å². The van der Waals surface area contributed by atoms with Gasteiger partial charge in [0.15, 0.2) is 0 Å². The Morgan fingerprint density at radius 3 is 2.50 bits per heavy atom. The topological polar surface area (TPSA) is 58.6 Å². The zero-order valence-corrected chi connectivity index (χ0v) is 15.9. The Hall–Kier alpha value is -2.73. The molecule has 0 atom stereocenters. The molecule has 2 amide bonds. The van der Waals surface area contributed by atoms with E-state index in [1.54, 1.807) is 32.0 Å². The minimum absolute atomic E-state index is 0.0193. The van der Waals surface area contributed by atoms with Gasteiger partial charge in [0.1, 0.15) is 5.75 Å². The molecular weight excluding hydrogens is 348 g/mol. The van der Waals surface area contributed by atoms with E-state index in [0.717, 1.165) is 21.9 Å². The standard InChI is InChI=1S/C20H22N2O3S/c1-22(14-19(23)21-17-6-4-5-7-18(17)26-3)20(24)13-10-15-8-11-16(25-2)12-9-15/h4-13H,14H2,1-3H3,(H,21,23)/b13-10+. The fourth-order valence-electron chi connectivity index (χ4n) is 2.24. The number of anilines is 1. The molecule has 0 aliphatic heterocycles. The number of thioether (sulfide) groups is 1. The van der Waals surface area contributed by atoms with Crippen molar-refractivity contribution in [3.63, 3.8) is 0 Å². The average molecular weight is 370 g/mol. The summed E-state index contributed by atoms with van der Waals surface area (Å²) in [7, 11) is 3.20. The number of hydrogen-bond acceptors (Lipinski definition) is 4. The number of likely N-dealkylation sites (N-methyl/N-ethyl adjacent to an activating group) is 1. The summed E-state index contributed by atoms with van der Waals surface area (Å²) in [5.74, 6) is 0.280. The van der Waals surface area contributed by atoms with Gasteiger partial charge in [-0.3, -0.25) is 9.59 Å². The largest absolute Gasteiger partial charge is 0.497 e. The SMILES string of the molecule is COc1ccc(/C=C/C(=O)N(C)CC(=O)Nc2ccccc2SC)cc1. The molecule has 0 saturated carbocycles. The second-order valence-corrected chi connectivity index (χ2v) is 6.40. The number of rotatable bonds is 7. The monoisotopic (exact) mass is 370 g/mol. The van der Waals surface area contributed by atoms with Crippen LogP contribution in [0.25, 0.3) is 6.08 Å². The maximum atomic E-state index is 12.2. The summed E-state index contributed by atoms with van der Waals surface area (Å²) >= 11 is 1.56. The van der Waals surface area contributed by atoms with E-state index < -0.39 is 0 Å². The number of benzene rings is 2. The molecule has 0 aliphatic rings. The lowest BCUT2D eigenvalue weighted by Gasteiger charge is -2.15. The Bertz CT molecular complexity index is 788. The van der Waals surface area contributed by atoms with Crippen molar-refractivity contribution in [2.75, 3.05) is 32.3 Å². The van der Waals surface area contributed by atoms with Gasteiger partial charge in [-0.1, -0.05) is 24.3 Å². The van der Waals surface area contributed by atoms with E-state index in [4.69, 9.17) is 4.74 Å². The summed E-state index contributed by atoms with van der Waals surface area (Å²) in [5, 5.41) is 2.84. The molecule has 0 fully saturated rings. The molecule has 5 nitrogen and oxygen atoms in total. The fraction of sp³-hybridized carbons (Fsp3) is 0.200. The quantitative estimate of drug-likeness (QED) is 0.598. The van der Waals surface area contributed by atoms with Crippen LogP contribution in [0.3, 0.4) is 0 Å². The van der Waals surface area contributed by atoms with Gasteiger partial charge in [-0.15, -0.1) is 11.8 Å². The van der Waals surface area contributed by atoms with Crippen LogP contribution in [-0.4, -0.2) is 43.7 Å². The maximum Gasteiger partial charge on any atom is 0.246 e. The van der Waals surface area contributed by atoms with Gasteiger partial charge >= 0.3 is 0 Å². The van der Waals surface area contributed by atoms with E-state index in [-0.39, 0.29) is 18.4 Å². The van der Waals surface area contributed by atoms with Crippen molar-refractivity contribution in [2.24, 2.45) is 0 Å². The third kappa shape index (κ3) is 5.67. The lowest BCUT2D eigenvalue weighted by Crippen LogP contribution is -2.33. The Kier molecular flexibility index (Phi) is 7.29. The van der Waals surface area contributed by atoms with Crippen LogP contribution in [-0.2, 0) is 9.59 Å². The summed E-state index contributed by atoms with van der Waals surface area (Å²) in [6, 6.07) is 14.9. The number of hydrogen-bond donors (Lipinski definition) is 1. The number of methoxy groups -OCH3 is 1. The Morgan fingerprint density at radius 1 is 1.15 bits per heavy atom. The van der Waals surface area contributed by atoms with E-state index in [0.29, 0.717) is 0 Å². The summed E-state index contributed by atoms with van der Waals surface area (Å²) < 4.78 is 5.10. The van der Waals surface area contributed by atoms with Crippen LogP contribution in [0, 0.1) is 0 Å². The van der Waals surface area contributed by atoms with Crippen molar-refractivity contribution >= 4 is 35.3 Å². The highest BCUT2D eigenvalue weighted by Crippen LogP contribution is 2.24. The van der Waals surface area contributed by atoms with Crippen molar-refractivity contribution in [1.82, 2.24) is 4.90 Å². The van der Waals surface area contributed by atoms with Gasteiger partial charge < -0.3 is 15.0 Å². The van der Waals surface area contributed by atoms with E-state index >= 15 is 0 Å². The van der Waals surface area contributed by atoms with Crippen molar-refractivity contribution in [1.29, 1.82) is 0 Å². The lowest BCUT2D eigenvalue weighted by molar-refractivity contribution is -0.129. The number of carbonyl (C=O) groups excluding carboxylic acids is 2. The molecule has 0 heterocycles. The molecule has 0 radical (unpaired) electrons. The van der Waals surface area contributed by atoms with Gasteiger partial charge in [-0.25, -0.2) is 0 Å². The smallest absolute Gasteiger partial charge is 0.246 e. The Labute approximate surface area is 158 Å². The molecule has 0 unspecified atom stereocenters. The number of nitrogens with zero attached hydrogens (tertiary/aromatic N) is 1. The van der Waals surface area contributed by atoms with Gasteiger partial charge in [0.25, 0.3) is 0 Å². The van der Waals surface area contributed by atoms with Crippen molar-refractivity contribution in [3.05, 3.63) is 60.2 Å². The highest BCUT2D eigenvalue weighted by Gasteiger charge is 2.12. The molecule has 0 bridgehead atoms. The number of para-hydroxylation sites is 1. The van der Waals surface area contributed by atoms with Gasteiger partial charge in [0, 0.05) is 18.0 Å². The predicted molar refractivity (Wildman–Crippen MR) is 107 cm³/mol. The molecule has 1 N–H and O–H groups in total. The van der Waals surface area contributed by atoms with Crippen LogP contribution < -0.4 is 10.1 Å². The minimum atomic E-state index is -0.242. The third-order valence-electron chi connectivity index (χ3n) is 3.67. The van der Waals surface area contributed by atoms with E-state index in [2.05, 4.69) is 5.32 Å². The van der Waals surface area contributed by atoms with Gasteiger partial charge in [-0.05, 0) is 42.2 Å². The first kappa shape index (κ1) is 19.6. The molecule has 0 saturated heterocycles. The number of nitrogens with one attached hydrogen (secondary N) is 1. The molecule has 2 aromatic rings. The van der Waals surface area contributed by atoms with E-state index in [1.165, 1.54) is 11.0 Å². The van der Waals surface area contributed by atoms with Crippen LogP contribution in [0.1, 0.15) is 5.56 Å². The van der Waals surface area contributed by atoms with Crippen molar-refractivity contribution in [3.8, 4) is 5.75 Å². The fourth-order valence-corrected chi connectivity index (χ4v) is 2.79. The second-order valence-electron chi connectivity index (χ2n) is 5.55. The lowest BCUT2D eigenvalue weighted by atomic mass is 10.2.